The molecule has 0 saturated heterocycles. The molecule has 2 nitrogen and oxygen atoms in total. The van der Waals surface area contributed by atoms with Gasteiger partial charge >= 0.3 is 0 Å². The smallest absolute Gasteiger partial charge is 0.187 e. The Morgan fingerprint density at radius 3 is 2.80 bits per heavy atom. The van der Waals surface area contributed by atoms with Crippen LogP contribution in [0, 0.1) is 11.8 Å². The molecule has 3 heteroatoms. The van der Waals surface area contributed by atoms with E-state index in [2.05, 4.69) is 16.5 Å². The van der Waals surface area contributed by atoms with Crippen LogP contribution in [-0.2, 0) is 0 Å². The van der Waals surface area contributed by atoms with Crippen LogP contribution in [0.5, 0.6) is 0 Å². The van der Waals surface area contributed by atoms with Crippen LogP contribution >= 0.6 is 11.8 Å². The van der Waals surface area contributed by atoms with E-state index in [1.165, 1.54) is 12.8 Å². The van der Waals surface area contributed by atoms with Gasteiger partial charge in [-0.15, -0.1) is 6.58 Å². The van der Waals surface area contributed by atoms with Gasteiger partial charge in [-0.1, -0.05) is 17.8 Å². The first-order valence-corrected chi connectivity index (χ1v) is 6.39. The van der Waals surface area contributed by atoms with Crippen molar-refractivity contribution in [2.24, 2.45) is 11.8 Å². The summed E-state index contributed by atoms with van der Waals surface area (Å²) in [5.74, 6) is 2.83. The highest BCUT2D eigenvalue weighted by Gasteiger charge is 2.30. The molecule has 2 rings (SSSR count). The van der Waals surface area contributed by atoms with Crippen molar-refractivity contribution in [2.75, 3.05) is 5.75 Å². The second-order valence-electron chi connectivity index (χ2n) is 3.96. The van der Waals surface area contributed by atoms with Crippen molar-refractivity contribution in [3.8, 4) is 0 Å². The Labute approximate surface area is 95.2 Å². The summed E-state index contributed by atoms with van der Waals surface area (Å²) in [5.41, 5.74) is 0. The van der Waals surface area contributed by atoms with Crippen molar-refractivity contribution in [2.45, 2.75) is 24.4 Å². The second kappa shape index (κ2) is 5.31. The number of hydrogen-bond acceptors (Lipinski definition) is 3. The van der Waals surface area contributed by atoms with E-state index in [-0.39, 0.29) is 0 Å². The minimum Gasteiger partial charge on any atom is -0.231 e. The molecule has 0 spiro atoms. The molecular weight excluding hydrogens is 204 g/mol. The van der Waals surface area contributed by atoms with Gasteiger partial charge in [-0.3, -0.25) is 0 Å². The van der Waals surface area contributed by atoms with Crippen LogP contribution < -0.4 is 0 Å². The third-order valence-corrected chi connectivity index (χ3v) is 3.79. The monoisotopic (exact) mass is 220 g/mol. The summed E-state index contributed by atoms with van der Waals surface area (Å²) in [7, 11) is 0. The van der Waals surface area contributed by atoms with E-state index < -0.39 is 0 Å². The van der Waals surface area contributed by atoms with E-state index in [9.17, 15) is 0 Å². The van der Waals surface area contributed by atoms with Gasteiger partial charge in [0.25, 0.3) is 0 Å². The maximum Gasteiger partial charge on any atom is 0.187 e. The highest BCUT2D eigenvalue weighted by molar-refractivity contribution is 7.99. The molecule has 0 N–H and O–H groups in total. The molecule has 0 aliphatic heterocycles. The van der Waals surface area contributed by atoms with Crippen LogP contribution in [0.2, 0.25) is 0 Å². The van der Waals surface area contributed by atoms with Gasteiger partial charge in [0.2, 0.25) is 0 Å². The molecular formula is C12H16N2S. The lowest BCUT2D eigenvalue weighted by molar-refractivity contribution is 0.526. The van der Waals surface area contributed by atoms with Crippen molar-refractivity contribution in [1.82, 2.24) is 9.97 Å². The second-order valence-corrected chi connectivity index (χ2v) is 4.95. The van der Waals surface area contributed by atoms with E-state index in [4.69, 9.17) is 0 Å². The van der Waals surface area contributed by atoms with Gasteiger partial charge in [-0.2, -0.15) is 0 Å². The summed E-state index contributed by atoms with van der Waals surface area (Å²) in [6, 6.07) is 1.85. The van der Waals surface area contributed by atoms with Gasteiger partial charge in [-0.25, -0.2) is 9.97 Å². The van der Waals surface area contributed by atoms with E-state index in [0.29, 0.717) is 0 Å². The molecule has 1 fully saturated rings. The van der Waals surface area contributed by atoms with E-state index >= 15 is 0 Å². The van der Waals surface area contributed by atoms with Gasteiger partial charge in [0.05, 0.1) is 0 Å². The first kappa shape index (κ1) is 10.7. The Balaban J connectivity index is 1.82. The van der Waals surface area contributed by atoms with Crippen molar-refractivity contribution in [3.63, 3.8) is 0 Å². The molecule has 1 aromatic heterocycles. The molecule has 1 saturated carbocycles. The fourth-order valence-corrected chi connectivity index (χ4v) is 2.76. The molecule has 1 unspecified atom stereocenters. The van der Waals surface area contributed by atoms with Gasteiger partial charge in [0, 0.05) is 18.1 Å². The van der Waals surface area contributed by atoms with E-state index in [0.717, 1.165) is 29.2 Å². The van der Waals surface area contributed by atoms with Crippen LogP contribution in [0.4, 0.5) is 0 Å². The Bertz CT molecular complexity index is 309. The van der Waals surface area contributed by atoms with Crippen LogP contribution in [0.15, 0.2) is 36.3 Å². The number of hydrogen-bond donors (Lipinski definition) is 0. The Kier molecular flexibility index (Phi) is 3.78. The van der Waals surface area contributed by atoms with Crippen molar-refractivity contribution in [1.29, 1.82) is 0 Å². The molecule has 1 aromatic rings. The highest BCUT2D eigenvalue weighted by Crippen LogP contribution is 2.40. The number of thioether (sulfide) groups is 1. The number of rotatable bonds is 6. The number of aromatic nitrogens is 2. The Hall–Kier alpha value is -0.830. The van der Waals surface area contributed by atoms with Crippen LogP contribution in [0.1, 0.15) is 19.3 Å². The molecule has 1 atom stereocenters. The fourth-order valence-electron chi connectivity index (χ4n) is 1.72. The zero-order chi connectivity index (χ0) is 10.5. The standard InChI is InChI=1S/C12H16N2S/c1-2-4-11(10-5-6-10)9-15-12-13-7-3-8-14-12/h2-3,7-8,10-11H,1,4-6,9H2. The van der Waals surface area contributed by atoms with E-state index in [1.54, 1.807) is 24.2 Å². The zero-order valence-electron chi connectivity index (χ0n) is 8.80. The van der Waals surface area contributed by atoms with Crippen LogP contribution in [-0.4, -0.2) is 15.7 Å². The highest BCUT2D eigenvalue weighted by atomic mass is 32.2. The van der Waals surface area contributed by atoms with Gasteiger partial charge in [-0.05, 0) is 37.2 Å². The molecule has 0 aromatic carbocycles. The topological polar surface area (TPSA) is 25.8 Å². The summed E-state index contributed by atoms with van der Waals surface area (Å²) in [6.07, 6.45) is 9.56. The maximum absolute atomic E-state index is 4.22. The summed E-state index contributed by atoms with van der Waals surface area (Å²) in [4.78, 5) is 8.43. The van der Waals surface area contributed by atoms with Crippen molar-refractivity contribution >= 4 is 11.8 Å². The normalized spacial score (nSPS) is 17.3. The molecule has 0 amide bonds. The molecule has 15 heavy (non-hydrogen) atoms. The van der Waals surface area contributed by atoms with Crippen LogP contribution in [0.25, 0.3) is 0 Å². The molecule has 1 aliphatic carbocycles. The zero-order valence-corrected chi connectivity index (χ0v) is 9.62. The predicted molar refractivity (Wildman–Crippen MR) is 63.8 cm³/mol. The van der Waals surface area contributed by atoms with Crippen molar-refractivity contribution in [3.05, 3.63) is 31.1 Å². The average Bonchev–Trinajstić information content (AvgIpc) is 3.09. The first-order chi connectivity index (χ1) is 7.40. The van der Waals surface area contributed by atoms with Gasteiger partial charge < -0.3 is 0 Å². The Morgan fingerprint density at radius 2 is 2.20 bits per heavy atom. The third kappa shape index (κ3) is 3.34. The molecule has 80 valence electrons. The first-order valence-electron chi connectivity index (χ1n) is 5.41. The summed E-state index contributed by atoms with van der Waals surface area (Å²) in [5, 5.41) is 0.896. The molecule has 1 heterocycles. The van der Waals surface area contributed by atoms with E-state index in [1.807, 2.05) is 12.1 Å². The minimum atomic E-state index is 0.774. The third-order valence-electron chi connectivity index (χ3n) is 2.73. The molecule has 1 aliphatic rings. The van der Waals surface area contributed by atoms with Gasteiger partial charge in [0.15, 0.2) is 5.16 Å². The van der Waals surface area contributed by atoms with Crippen LogP contribution in [0.3, 0.4) is 0 Å². The quantitative estimate of drug-likeness (QED) is 0.418. The predicted octanol–water partition coefficient (Wildman–Crippen LogP) is 3.17. The summed E-state index contributed by atoms with van der Waals surface area (Å²) in [6.45, 7) is 3.83. The molecule has 0 radical (unpaired) electrons. The number of nitrogens with zero attached hydrogens (tertiary/aromatic N) is 2. The average molecular weight is 220 g/mol. The maximum atomic E-state index is 4.22. The Morgan fingerprint density at radius 1 is 1.47 bits per heavy atom. The van der Waals surface area contributed by atoms with Crippen molar-refractivity contribution < 1.29 is 0 Å². The summed E-state index contributed by atoms with van der Waals surface area (Å²) < 4.78 is 0. The van der Waals surface area contributed by atoms with Gasteiger partial charge in [0.1, 0.15) is 0 Å². The molecule has 0 bridgehead atoms. The summed E-state index contributed by atoms with van der Waals surface area (Å²) >= 11 is 1.77. The lowest BCUT2D eigenvalue weighted by Crippen LogP contribution is -2.05. The lowest BCUT2D eigenvalue weighted by Gasteiger charge is -2.12. The largest absolute Gasteiger partial charge is 0.231 e. The SMILES string of the molecule is C=CCC(CSc1ncccn1)C1CC1. The number of allylic oxidation sites excluding steroid dienone is 1. The lowest BCUT2D eigenvalue weighted by atomic mass is 10.0. The minimum absolute atomic E-state index is 0.774. The fraction of sp³-hybridized carbons (Fsp3) is 0.500.